The maximum absolute atomic E-state index is 11.3. The molecule has 0 bridgehead atoms. The summed E-state index contributed by atoms with van der Waals surface area (Å²) in [5.74, 6) is 0.203. The highest BCUT2D eigenvalue weighted by Gasteiger charge is 2.10. The Morgan fingerprint density at radius 1 is 1.50 bits per heavy atom. The van der Waals surface area contributed by atoms with Crippen molar-refractivity contribution in [3.8, 4) is 5.88 Å². The zero-order chi connectivity index (χ0) is 10.7. The summed E-state index contributed by atoms with van der Waals surface area (Å²) in [6.07, 6.45) is 0. The van der Waals surface area contributed by atoms with Gasteiger partial charge in [0.15, 0.2) is 0 Å². The van der Waals surface area contributed by atoms with E-state index in [1.807, 2.05) is 18.7 Å². The SMILES string of the molecule is CCN(CC)c1nc(O)c(I)c(=O)[nH]1. The molecule has 0 atom stereocenters. The van der Waals surface area contributed by atoms with E-state index in [9.17, 15) is 9.90 Å². The molecule has 0 spiro atoms. The summed E-state index contributed by atoms with van der Waals surface area (Å²) >= 11 is 1.76. The van der Waals surface area contributed by atoms with Crippen LogP contribution in [0.5, 0.6) is 5.88 Å². The molecule has 1 aromatic rings. The van der Waals surface area contributed by atoms with Crippen LogP contribution in [-0.4, -0.2) is 28.2 Å². The van der Waals surface area contributed by atoms with Crippen molar-refractivity contribution in [1.82, 2.24) is 9.97 Å². The number of hydrogen-bond acceptors (Lipinski definition) is 4. The van der Waals surface area contributed by atoms with Crippen molar-refractivity contribution in [2.75, 3.05) is 18.0 Å². The Bertz CT molecular complexity index is 373. The quantitative estimate of drug-likeness (QED) is 0.815. The van der Waals surface area contributed by atoms with Crippen LogP contribution < -0.4 is 10.5 Å². The largest absolute Gasteiger partial charge is 0.492 e. The van der Waals surface area contributed by atoms with Crippen molar-refractivity contribution in [2.45, 2.75) is 13.8 Å². The molecule has 1 rings (SSSR count). The first kappa shape index (κ1) is 11.3. The number of H-pyrrole nitrogens is 1. The van der Waals surface area contributed by atoms with E-state index in [2.05, 4.69) is 9.97 Å². The molecule has 2 N–H and O–H groups in total. The molecule has 0 aromatic carbocycles. The predicted molar refractivity (Wildman–Crippen MR) is 62.8 cm³/mol. The molecular formula is C8H12IN3O2. The minimum atomic E-state index is -0.306. The molecule has 0 aliphatic heterocycles. The molecule has 6 heteroatoms. The van der Waals surface area contributed by atoms with Crippen molar-refractivity contribution < 1.29 is 5.11 Å². The lowest BCUT2D eigenvalue weighted by Gasteiger charge is -2.18. The normalized spacial score (nSPS) is 10.2. The molecule has 1 heterocycles. The van der Waals surface area contributed by atoms with E-state index in [4.69, 9.17) is 0 Å². The Kier molecular flexibility index (Phi) is 3.73. The standard InChI is InChI=1S/C8H12IN3O2/c1-3-12(4-2)8-10-6(13)5(9)7(14)11-8/h3-4H2,1-2H3,(H2,10,11,13,14). The summed E-state index contributed by atoms with van der Waals surface area (Å²) in [6.45, 7) is 5.38. The first-order valence-electron chi connectivity index (χ1n) is 4.33. The van der Waals surface area contributed by atoms with Gasteiger partial charge in [-0.05, 0) is 36.4 Å². The summed E-state index contributed by atoms with van der Waals surface area (Å²) in [4.78, 5) is 19.7. The Balaban J connectivity index is 3.18. The lowest BCUT2D eigenvalue weighted by atomic mass is 10.5. The topological polar surface area (TPSA) is 69.2 Å². The number of aromatic hydroxyl groups is 1. The highest BCUT2D eigenvalue weighted by molar-refractivity contribution is 14.1. The number of nitrogens with zero attached hydrogens (tertiary/aromatic N) is 2. The molecular weight excluding hydrogens is 297 g/mol. The van der Waals surface area contributed by atoms with Gasteiger partial charge in [-0.1, -0.05) is 0 Å². The third kappa shape index (κ3) is 2.17. The molecule has 0 aliphatic carbocycles. The first-order valence-corrected chi connectivity index (χ1v) is 5.41. The van der Waals surface area contributed by atoms with Crippen molar-refractivity contribution in [3.63, 3.8) is 0 Å². The minimum Gasteiger partial charge on any atom is -0.492 e. The van der Waals surface area contributed by atoms with Gasteiger partial charge in [-0.15, -0.1) is 0 Å². The Labute approximate surface area is 95.3 Å². The predicted octanol–water partition coefficient (Wildman–Crippen LogP) is 0.926. The van der Waals surface area contributed by atoms with Gasteiger partial charge < -0.3 is 10.0 Å². The van der Waals surface area contributed by atoms with Gasteiger partial charge in [0.1, 0.15) is 3.57 Å². The van der Waals surface area contributed by atoms with E-state index in [1.54, 1.807) is 22.6 Å². The second-order valence-electron chi connectivity index (χ2n) is 2.70. The number of rotatable bonds is 3. The maximum atomic E-state index is 11.3. The molecule has 0 amide bonds. The fourth-order valence-corrected chi connectivity index (χ4v) is 1.36. The fraction of sp³-hybridized carbons (Fsp3) is 0.500. The molecule has 14 heavy (non-hydrogen) atoms. The van der Waals surface area contributed by atoms with Gasteiger partial charge in [0.25, 0.3) is 5.56 Å². The van der Waals surface area contributed by atoms with Crippen molar-refractivity contribution in [1.29, 1.82) is 0 Å². The van der Waals surface area contributed by atoms with E-state index in [-0.39, 0.29) is 15.0 Å². The minimum absolute atomic E-state index is 0.212. The van der Waals surface area contributed by atoms with Crippen molar-refractivity contribution >= 4 is 28.5 Å². The third-order valence-corrected chi connectivity index (χ3v) is 2.87. The second-order valence-corrected chi connectivity index (χ2v) is 3.78. The Morgan fingerprint density at radius 2 is 2.07 bits per heavy atom. The van der Waals surface area contributed by atoms with Gasteiger partial charge in [-0.2, -0.15) is 4.98 Å². The number of aromatic amines is 1. The summed E-state index contributed by atoms with van der Waals surface area (Å²) in [6, 6.07) is 0. The van der Waals surface area contributed by atoms with Crippen molar-refractivity contribution in [2.24, 2.45) is 0 Å². The van der Waals surface area contributed by atoms with Gasteiger partial charge in [0, 0.05) is 13.1 Å². The molecule has 0 saturated heterocycles. The average Bonchev–Trinajstić information content (AvgIpc) is 2.16. The van der Waals surface area contributed by atoms with Crippen LogP contribution in [0.15, 0.2) is 4.79 Å². The first-order chi connectivity index (χ1) is 6.60. The highest BCUT2D eigenvalue weighted by Crippen LogP contribution is 2.14. The number of aromatic nitrogens is 2. The Hall–Kier alpha value is -0.790. The zero-order valence-electron chi connectivity index (χ0n) is 8.04. The molecule has 0 fully saturated rings. The van der Waals surface area contributed by atoms with Crippen LogP contribution in [0.3, 0.4) is 0 Å². The van der Waals surface area contributed by atoms with Crippen LogP contribution in [-0.2, 0) is 0 Å². The summed E-state index contributed by atoms with van der Waals surface area (Å²) < 4.78 is 0.221. The van der Waals surface area contributed by atoms with E-state index in [0.29, 0.717) is 5.95 Å². The van der Waals surface area contributed by atoms with Gasteiger partial charge in [-0.25, -0.2) is 0 Å². The van der Waals surface area contributed by atoms with Crippen LogP contribution in [0.1, 0.15) is 13.8 Å². The van der Waals surface area contributed by atoms with Crippen LogP contribution in [0, 0.1) is 3.57 Å². The van der Waals surface area contributed by atoms with Gasteiger partial charge >= 0.3 is 0 Å². The van der Waals surface area contributed by atoms with Crippen LogP contribution in [0.25, 0.3) is 0 Å². The van der Waals surface area contributed by atoms with Crippen LogP contribution >= 0.6 is 22.6 Å². The van der Waals surface area contributed by atoms with Crippen LogP contribution in [0.4, 0.5) is 5.95 Å². The van der Waals surface area contributed by atoms with E-state index in [1.165, 1.54) is 0 Å². The van der Waals surface area contributed by atoms with Gasteiger partial charge in [0.2, 0.25) is 11.8 Å². The number of anilines is 1. The van der Waals surface area contributed by atoms with E-state index < -0.39 is 0 Å². The lowest BCUT2D eigenvalue weighted by molar-refractivity contribution is 0.446. The molecule has 0 radical (unpaired) electrons. The summed E-state index contributed by atoms with van der Waals surface area (Å²) in [5, 5.41) is 9.36. The molecule has 0 saturated carbocycles. The zero-order valence-corrected chi connectivity index (χ0v) is 10.2. The van der Waals surface area contributed by atoms with Gasteiger partial charge in [0.05, 0.1) is 0 Å². The smallest absolute Gasteiger partial charge is 0.269 e. The van der Waals surface area contributed by atoms with E-state index >= 15 is 0 Å². The fourth-order valence-electron chi connectivity index (χ4n) is 1.11. The molecule has 0 aliphatic rings. The molecule has 0 unspecified atom stereocenters. The lowest BCUT2D eigenvalue weighted by Crippen LogP contribution is -2.27. The summed E-state index contributed by atoms with van der Waals surface area (Å²) in [7, 11) is 0. The van der Waals surface area contributed by atoms with Crippen LogP contribution in [0.2, 0.25) is 0 Å². The summed E-state index contributed by atoms with van der Waals surface area (Å²) in [5.41, 5.74) is -0.306. The van der Waals surface area contributed by atoms with Gasteiger partial charge in [-0.3, -0.25) is 9.78 Å². The molecule has 1 aromatic heterocycles. The second kappa shape index (κ2) is 4.63. The number of hydrogen-bond donors (Lipinski definition) is 2. The number of halogens is 1. The average molecular weight is 309 g/mol. The van der Waals surface area contributed by atoms with Crippen molar-refractivity contribution in [3.05, 3.63) is 13.9 Å². The maximum Gasteiger partial charge on any atom is 0.269 e. The molecule has 5 nitrogen and oxygen atoms in total. The molecule has 78 valence electrons. The van der Waals surface area contributed by atoms with E-state index in [0.717, 1.165) is 13.1 Å². The number of nitrogens with one attached hydrogen (secondary N) is 1. The third-order valence-electron chi connectivity index (χ3n) is 1.90. The highest BCUT2D eigenvalue weighted by atomic mass is 127. The monoisotopic (exact) mass is 309 g/mol. The Morgan fingerprint density at radius 3 is 2.50 bits per heavy atom.